The second-order valence-corrected chi connectivity index (χ2v) is 3.17. The maximum atomic E-state index is 10.9. The van der Waals surface area contributed by atoms with Crippen LogP contribution in [0.25, 0.3) is 6.08 Å². The molecule has 1 aromatic carbocycles. The van der Waals surface area contributed by atoms with Gasteiger partial charge in [0.15, 0.2) is 0 Å². The van der Waals surface area contributed by atoms with Crippen LogP contribution in [-0.4, -0.2) is 5.78 Å². The van der Waals surface area contributed by atoms with Gasteiger partial charge in [-0.3, -0.25) is 4.79 Å². The number of allylic oxidation sites excluding steroid dienone is 1. The Balaban J connectivity index is 2.64. The lowest BCUT2D eigenvalue weighted by atomic mass is 10.1. The molecule has 0 aliphatic rings. The van der Waals surface area contributed by atoms with Crippen molar-refractivity contribution in [2.75, 3.05) is 0 Å². The zero-order valence-corrected chi connectivity index (χ0v) is 8.03. The molecule has 68 valence electrons. The molecule has 0 saturated carbocycles. The van der Waals surface area contributed by atoms with E-state index in [1.807, 2.05) is 49.4 Å². The topological polar surface area (TPSA) is 17.1 Å². The first-order chi connectivity index (χ1) is 6.20. The lowest BCUT2D eigenvalue weighted by molar-refractivity contribution is -0.118. The van der Waals surface area contributed by atoms with E-state index in [0.717, 1.165) is 5.56 Å². The summed E-state index contributed by atoms with van der Waals surface area (Å²) in [6.07, 6.45) is 3.91. The highest BCUT2D eigenvalue weighted by atomic mass is 16.1. The minimum atomic E-state index is 0.0141. The number of carbonyl (C=O) groups is 1. The van der Waals surface area contributed by atoms with Crippen LogP contribution in [0, 0.1) is 5.92 Å². The normalized spacial score (nSPS) is 13.1. The van der Waals surface area contributed by atoms with Crippen molar-refractivity contribution in [1.29, 1.82) is 0 Å². The molecule has 0 fully saturated rings. The lowest BCUT2D eigenvalue weighted by Gasteiger charge is -1.98. The van der Waals surface area contributed by atoms with Gasteiger partial charge in [-0.15, -0.1) is 0 Å². The molecule has 1 aromatic rings. The average molecular weight is 174 g/mol. The molecule has 1 rings (SSSR count). The number of carbonyl (C=O) groups excluding carboxylic acids is 1. The molecule has 0 saturated heterocycles. The maximum absolute atomic E-state index is 10.9. The van der Waals surface area contributed by atoms with Crippen molar-refractivity contribution in [3.63, 3.8) is 0 Å². The van der Waals surface area contributed by atoms with Gasteiger partial charge in [0.25, 0.3) is 0 Å². The summed E-state index contributed by atoms with van der Waals surface area (Å²) in [5, 5.41) is 0. The molecule has 0 aliphatic heterocycles. The summed E-state index contributed by atoms with van der Waals surface area (Å²) >= 11 is 0. The van der Waals surface area contributed by atoms with E-state index in [9.17, 15) is 4.79 Å². The molecule has 0 bridgehead atoms. The second-order valence-electron chi connectivity index (χ2n) is 3.17. The Kier molecular flexibility index (Phi) is 3.44. The van der Waals surface area contributed by atoms with Gasteiger partial charge in [-0.05, 0) is 12.5 Å². The first-order valence-corrected chi connectivity index (χ1v) is 4.44. The Morgan fingerprint density at radius 1 is 1.31 bits per heavy atom. The zero-order valence-electron chi connectivity index (χ0n) is 8.03. The van der Waals surface area contributed by atoms with Crippen LogP contribution in [0.1, 0.15) is 19.4 Å². The quantitative estimate of drug-likeness (QED) is 0.688. The van der Waals surface area contributed by atoms with Crippen molar-refractivity contribution in [3.8, 4) is 0 Å². The van der Waals surface area contributed by atoms with E-state index in [-0.39, 0.29) is 11.7 Å². The van der Waals surface area contributed by atoms with E-state index < -0.39 is 0 Å². The predicted octanol–water partition coefficient (Wildman–Crippen LogP) is 2.92. The molecule has 13 heavy (non-hydrogen) atoms. The van der Waals surface area contributed by atoms with Crippen molar-refractivity contribution >= 4 is 11.9 Å². The van der Waals surface area contributed by atoms with E-state index in [2.05, 4.69) is 0 Å². The Morgan fingerprint density at radius 2 is 1.92 bits per heavy atom. The molecule has 0 aromatic heterocycles. The summed E-state index contributed by atoms with van der Waals surface area (Å²) < 4.78 is 0. The van der Waals surface area contributed by atoms with E-state index in [0.29, 0.717) is 0 Å². The van der Waals surface area contributed by atoms with Gasteiger partial charge in [-0.1, -0.05) is 49.4 Å². The summed E-state index contributed by atoms with van der Waals surface area (Å²) in [6, 6.07) is 9.98. The molecular weight excluding hydrogens is 160 g/mol. The van der Waals surface area contributed by atoms with Crippen molar-refractivity contribution in [1.82, 2.24) is 0 Å². The predicted molar refractivity (Wildman–Crippen MR) is 55.3 cm³/mol. The smallest absolute Gasteiger partial charge is 0.136 e. The fourth-order valence-corrected chi connectivity index (χ4v) is 0.955. The summed E-state index contributed by atoms with van der Waals surface area (Å²) in [7, 11) is 0. The minimum absolute atomic E-state index is 0.0141. The van der Waals surface area contributed by atoms with Crippen molar-refractivity contribution in [3.05, 3.63) is 42.0 Å². The molecule has 1 unspecified atom stereocenters. The van der Waals surface area contributed by atoms with Gasteiger partial charge in [-0.25, -0.2) is 0 Å². The van der Waals surface area contributed by atoms with E-state index in [1.165, 1.54) is 0 Å². The highest BCUT2D eigenvalue weighted by Gasteiger charge is 2.00. The van der Waals surface area contributed by atoms with Crippen LogP contribution in [0.2, 0.25) is 0 Å². The van der Waals surface area contributed by atoms with Crippen LogP contribution >= 0.6 is 0 Å². The highest BCUT2D eigenvalue weighted by Crippen LogP contribution is 2.05. The van der Waals surface area contributed by atoms with Gasteiger partial charge in [0, 0.05) is 5.92 Å². The van der Waals surface area contributed by atoms with E-state index in [4.69, 9.17) is 0 Å². The number of Topliss-reactive ketones (excluding diaryl/α,β-unsaturated/α-hetero) is 1. The molecule has 0 amide bonds. The first kappa shape index (κ1) is 9.72. The van der Waals surface area contributed by atoms with Crippen molar-refractivity contribution < 1.29 is 4.79 Å². The maximum Gasteiger partial charge on any atom is 0.136 e. The third-order valence-corrected chi connectivity index (χ3v) is 2.02. The largest absolute Gasteiger partial charge is 0.299 e. The second kappa shape index (κ2) is 4.61. The molecule has 1 atom stereocenters. The number of ketones is 1. The van der Waals surface area contributed by atoms with Gasteiger partial charge < -0.3 is 0 Å². The summed E-state index contributed by atoms with van der Waals surface area (Å²) in [6.45, 7) is 3.52. The van der Waals surface area contributed by atoms with Crippen LogP contribution in [-0.2, 0) is 4.79 Å². The van der Waals surface area contributed by atoms with Gasteiger partial charge in [0.05, 0.1) is 0 Å². The Bertz CT molecular complexity index is 298. The molecular formula is C12H14O. The molecule has 0 heterocycles. The molecule has 0 spiro atoms. The third kappa shape index (κ3) is 3.24. The Hall–Kier alpha value is -1.37. The highest BCUT2D eigenvalue weighted by molar-refractivity contribution is 5.80. The van der Waals surface area contributed by atoms with Crippen LogP contribution in [0.4, 0.5) is 0 Å². The Labute approximate surface area is 79.1 Å². The van der Waals surface area contributed by atoms with Gasteiger partial charge >= 0.3 is 0 Å². The molecule has 0 radical (unpaired) electrons. The fourth-order valence-electron chi connectivity index (χ4n) is 0.955. The van der Waals surface area contributed by atoms with Crippen molar-refractivity contribution in [2.45, 2.75) is 13.8 Å². The van der Waals surface area contributed by atoms with Crippen LogP contribution in [0.15, 0.2) is 36.4 Å². The Morgan fingerprint density at radius 3 is 2.46 bits per heavy atom. The van der Waals surface area contributed by atoms with Crippen LogP contribution < -0.4 is 0 Å². The SMILES string of the molecule is CC(=O)C(C)/C=C\c1ccccc1. The van der Waals surface area contributed by atoms with Crippen LogP contribution in [0.3, 0.4) is 0 Å². The summed E-state index contributed by atoms with van der Waals surface area (Å²) in [4.78, 5) is 10.9. The molecule has 0 aliphatic carbocycles. The molecule has 0 N–H and O–H groups in total. The average Bonchev–Trinajstić information content (AvgIpc) is 2.15. The number of rotatable bonds is 3. The molecule has 1 heteroatoms. The van der Waals surface area contributed by atoms with Gasteiger partial charge in [0.1, 0.15) is 5.78 Å². The van der Waals surface area contributed by atoms with E-state index in [1.54, 1.807) is 6.92 Å². The van der Waals surface area contributed by atoms with E-state index >= 15 is 0 Å². The first-order valence-electron chi connectivity index (χ1n) is 4.44. The summed E-state index contributed by atoms with van der Waals surface area (Å²) in [5.41, 5.74) is 1.13. The lowest BCUT2D eigenvalue weighted by Crippen LogP contribution is -2.01. The standard InChI is InChI=1S/C12H14O/c1-10(11(2)13)8-9-12-6-4-3-5-7-12/h3-10H,1-2H3/b9-8-. The fraction of sp³-hybridized carbons (Fsp3) is 0.250. The van der Waals surface area contributed by atoms with Crippen LogP contribution in [0.5, 0.6) is 0 Å². The number of hydrogen-bond acceptors (Lipinski definition) is 1. The number of hydrogen-bond donors (Lipinski definition) is 0. The summed E-state index contributed by atoms with van der Waals surface area (Å²) in [5.74, 6) is 0.215. The van der Waals surface area contributed by atoms with Crippen molar-refractivity contribution in [2.24, 2.45) is 5.92 Å². The van der Waals surface area contributed by atoms with Gasteiger partial charge in [0.2, 0.25) is 0 Å². The molecule has 1 nitrogen and oxygen atoms in total. The third-order valence-electron chi connectivity index (χ3n) is 2.02. The zero-order chi connectivity index (χ0) is 9.68. The van der Waals surface area contributed by atoms with Gasteiger partial charge in [-0.2, -0.15) is 0 Å². The monoisotopic (exact) mass is 174 g/mol. The minimum Gasteiger partial charge on any atom is -0.299 e. The number of benzene rings is 1.